The van der Waals surface area contributed by atoms with Crippen LogP contribution < -0.4 is 10.1 Å². The van der Waals surface area contributed by atoms with E-state index >= 15 is 0 Å². The molecule has 1 aromatic carbocycles. The monoisotopic (exact) mass is 275 g/mol. The van der Waals surface area contributed by atoms with Crippen molar-refractivity contribution in [1.29, 1.82) is 0 Å². The summed E-state index contributed by atoms with van der Waals surface area (Å²) in [5, 5.41) is 3.55. The van der Waals surface area contributed by atoms with Gasteiger partial charge in [-0.3, -0.25) is 0 Å². The average Bonchev–Trinajstić information content (AvgIpc) is 2.42. The van der Waals surface area contributed by atoms with E-state index in [2.05, 4.69) is 36.6 Å². The van der Waals surface area contributed by atoms with Crippen molar-refractivity contribution in [2.24, 2.45) is 5.92 Å². The van der Waals surface area contributed by atoms with E-state index in [9.17, 15) is 0 Å². The second-order valence-electron chi connectivity index (χ2n) is 5.88. The maximum Gasteiger partial charge on any atom is 0.119 e. The summed E-state index contributed by atoms with van der Waals surface area (Å²) in [6, 6.07) is 9.09. The highest BCUT2D eigenvalue weighted by atomic mass is 16.5. The van der Waals surface area contributed by atoms with Gasteiger partial charge in [0.25, 0.3) is 0 Å². The van der Waals surface area contributed by atoms with Gasteiger partial charge < -0.3 is 10.1 Å². The summed E-state index contributed by atoms with van der Waals surface area (Å²) >= 11 is 0. The Bertz CT molecular complexity index is 383. The van der Waals surface area contributed by atoms with Crippen molar-refractivity contribution in [3.05, 3.63) is 29.8 Å². The smallest absolute Gasteiger partial charge is 0.119 e. The summed E-state index contributed by atoms with van der Waals surface area (Å²) in [5.41, 5.74) is 1.38. The molecule has 0 amide bonds. The molecule has 1 aliphatic rings. The Morgan fingerprint density at radius 1 is 1.15 bits per heavy atom. The van der Waals surface area contributed by atoms with Gasteiger partial charge in [0.2, 0.25) is 0 Å². The van der Waals surface area contributed by atoms with Gasteiger partial charge in [-0.25, -0.2) is 0 Å². The number of hydrogen-bond acceptors (Lipinski definition) is 2. The van der Waals surface area contributed by atoms with Gasteiger partial charge >= 0.3 is 0 Å². The van der Waals surface area contributed by atoms with Crippen molar-refractivity contribution in [1.82, 2.24) is 5.32 Å². The molecule has 2 heteroatoms. The molecule has 1 N–H and O–H groups in total. The van der Waals surface area contributed by atoms with Crippen LogP contribution in [-0.4, -0.2) is 13.7 Å². The number of nitrogens with one attached hydrogen (secondary N) is 1. The van der Waals surface area contributed by atoms with Gasteiger partial charge in [-0.05, 0) is 50.4 Å². The Balaban J connectivity index is 2.10. The summed E-state index contributed by atoms with van der Waals surface area (Å²) in [7, 11) is 2.09. The van der Waals surface area contributed by atoms with Gasteiger partial charge in [0.05, 0.1) is 6.61 Å². The van der Waals surface area contributed by atoms with Crippen LogP contribution in [0.3, 0.4) is 0 Å². The zero-order valence-corrected chi connectivity index (χ0v) is 13.0. The summed E-state index contributed by atoms with van der Waals surface area (Å²) in [5.74, 6) is 1.76. The van der Waals surface area contributed by atoms with Gasteiger partial charge in [-0.2, -0.15) is 0 Å². The molecule has 1 atom stereocenters. The van der Waals surface area contributed by atoms with Crippen LogP contribution in [-0.2, 0) is 0 Å². The number of ether oxygens (including phenoxy) is 1. The molecule has 1 saturated carbocycles. The topological polar surface area (TPSA) is 21.3 Å². The van der Waals surface area contributed by atoms with E-state index in [-0.39, 0.29) is 0 Å². The first-order valence-electron chi connectivity index (χ1n) is 8.25. The Kier molecular flexibility index (Phi) is 6.38. The molecular formula is C18H29NO. The van der Waals surface area contributed by atoms with Crippen molar-refractivity contribution in [3.8, 4) is 5.75 Å². The van der Waals surface area contributed by atoms with Gasteiger partial charge in [0, 0.05) is 6.04 Å². The minimum Gasteiger partial charge on any atom is -0.494 e. The molecular weight excluding hydrogens is 246 g/mol. The molecule has 1 aliphatic carbocycles. The van der Waals surface area contributed by atoms with E-state index in [1.807, 2.05) is 6.92 Å². The first kappa shape index (κ1) is 15.4. The fraction of sp³-hybridized carbons (Fsp3) is 0.667. The van der Waals surface area contributed by atoms with Crippen LogP contribution in [0, 0.1) is 5.92 Å². The highest BCUT2D eigenvalue weighted by Gasteiger charge is 2.22. The minimum atomic E-state index is 0.466. The van der Waals surface area contributed by atoms with Crippen molar-refractivity contribution in [2.45, 2.75) is 57.9 Å². The number of benzene rings is 1. The molecule has 0 aliphatic heterocycles. The summed E-state index contributed by atoms with van der Waals surface area (Å²) < 4.78 is 5.65. The third-order valence-electron chi connectivity index (χ3n) is 4.46. The molecule has 0 spiro atoms. The zero-order chi connectivity index (χ0) is 14.2. The second kappa shape index (κ2) is 8.31. The predicted octanol–water partition coefficient (Wildman–Crippen LogP) is 4.71. The third kappa shape index (κ3) is 4.24. The largest absolute Gasteiger partial charge is 0.494 e. The van der Waals surface area contributed by atoms with E-state index in [0.717, 1.165) is 18.3 Å². The maximum atomic E-state index is 5.65. The summed E-state index contributed by atoms with van der Waals surface area (Å²) in [6.45, 7) is 2.77. The van der Waals surface area contributed by atoms with Gasteiger partial charge in [-0.15, -0.1) is 0 Å². The Morgan fingerprint density at radius 2 is 1.85 bits per heavy atom. The third-order valence-corrected chi connectivity index (χ3v) is 4.46. The molecule has 0 aromatic heterocycles. The Hall–Kier alpha value is -1.02. The molecule has 2 nitrogen and oxygen atoms in total. The SMILES string of the molecule is CCOc1cccc(C(NC)C2CCCCCCC2)c1. The van der Waals surface area contributed by atoms with E-state index < -0.39 is 0 Å². The minimum absolute atomic E-state index is 0.466. The van der Waals surface area contributed by atoms with Gasteiger partial charge in [0.1, 0.15) is 5.75 Å². The lowest BCUT2D eigenvalue weighted by atomic mass is 9.83. The van der Waals surface area contributed by atoms with Crippen molar-refractivity contribution < 1.29 is 4.74 Å². The number of rotatable bonds is 5. The fourth-order valence-corrected chi connectivity index (χ4v) is 3.46. The van der Waals surface area contributed by atoms with E-state index in [4.69, 9.17) is 4.74 Å². The van der Waals surface area contributed by atoms with Crippen LogP contribution in [0.1, 0.15) is 63.5 Å². The standard InChI is InChI=1S/C18H29NO/c1-3-20-17-13-9-12-16(14-17)18(19-2)15-10-7-5-4-6-8-11-15/h9,12-15,18-19H,3-8,10-11H2,1-2H3. The van der Waals surface area contributed by atoms with E-state index in [1.54, 1.807) is 0 Å². The van der Waals surface area contributed by atoms with Crippen LogP contribution in [0.5, 0.6) is 5.75 Å². The molecule has 0 bridgehead atoms. The normalized spacial score (nSPS) is 19.1. The quantitative estimate of drug-likeness (QED) is 0.840. The molecule has 1 unspecified atom stereocenters. The molecule has 0 heterocycles. The van der Waals surface area contributed by atoms with Crippen LogP contribution >= 0.6 is 0 Å². The predicted molar refractivity (Wildman–Crippen MR) is 85.2 cm³/mol. The molecule has 0 saturated heterocycles. The molecule has 1 fully saturated rings. The first-order chi connectivity index (χ1) is 9.85. The average molecular weight is 275 g/mol. The van der Waals surface area contributed by atoms with Crippen molar-refractivity contribution >= 4 is 0 Å². The van der Waals surface area contributed by atoms with Crippen LogP contribution in [0.25, 0.3) is 0 Å². The highest BCUT2D eigenvalue weighted by Crippen LogP contribution is 2.33. The summed E-state index contributed by atoms with van der Waals surface area (Å²) in [4.78, 5) is 0. The number of hydrogen-bond donors (Lipinski definition) is 1. The molecule has 2 rings (SSSR count). The van der Waals surface area contributed by atoms with Crippen molar-refractivity contribution in [2.75, 3.05) is 13.7 Å². The van der Waals surface area contributed by atoms with E-state index in [0.29, 0.717) is 6.04 Å². The summed E-state index contributed by atoms with van der Waals surface area (Å²) in [6.07, 6.45) is 9.71. The first-order valence-corrected chi connectivity index (χ1v) is 8.25. The van der Waals surface area contributed by atoms with Crippen molar-refractivity contribution in [3.63, 3.8) is 0 Å². The molecule has 112 valence electrons. The lowest BCUT2D eigenvalue weighted by Crippen LogP contribution is -2.26. The molecule has 20 heavy (non-hydrogen) atoms. The van der Waals surface area contributed by atoms with Crippen LogP contribution in [0.15, 0.2) is 24.3 Å². The van der Waals surface area contributed by atoms with E-state index in [1.165, 1.54) is 50.5 Å². The van der Waals surface area contributed by atoms with Crippen LogP contribution in [0.2, 0.25) is 0 Å². The Labute approximate surface area is 123 Å². The van der Waals surface area contributed by atoms with Crippen LogP contribution in [0.4, 0.5) is 0 Å². The fourth-order valence-electron chi connectivity index (χ4n) is 3.46. The highest BCUT2D eigenvalue weighted by molar-refractivity contribution is 5.31. The zero-order valence-electron chi connectivity index (χ0n) is 13.0. The lowest BCUT2D eigenvalue weighted by Gasteiger charge is -2.29. The Morgan fingerprint density at radius 3 is 2.50 bits per heavy atom. The lowest BCUT2D eigenvalue weighted by molar-refractivity contribution is 0.297. The molecule has 1 aromatic rings. The van der Waals surface area contributed by atoms with Gasteiger partial charge in [-0.1, -0.05) is 44.2 Å². The maximum absolute atomic E-state index is 5.65. The second-order valence-corrected chi connectivity index (χ2v) is 5.88. The van der Waals surface area contributed by atoms with Gasteiger partial charge in [0.15, 0.2) is 0 Å². The molecule has 0 radical (unpaired) electrons.